The molecule has 2 rings (SSSR count). The van der Waals surface area contributed by atoms with Crippen LogP contribution in [0.5, 0.6) is 11.5 Å². The minimum absolute atomic E-state index is 0.123. The Hall–Kier alpha value is -1.22. The van der Waals surface area contributed by atoms with Crippen LogP contribution in [-0.4, -0.2) is 16.3 Å². The second-order valence-electron chi connectivity index (χ2n) is 4.24. The van der Waals surface area contributed by atoms with Crippen LogP contribution in [0.4, 0.5) is 0 Å². The van der Waals surface area contributed by atoms with Gasteiger partial charge in [-0.05, 0) is 25.0 Å². The summed E-state index contributed by atoms with van der Waals surface area (Å²) in [6.07, 6.45) is 0.123. The Balaban J connectivity index is 2.65. The second kappa shape index (κ2) is 3.42. The van der Waals surface area contributed by atoms with Crippen LogP contribution in [0.1, 0.15) is 36.5 Å². The number of phenols is 2. The average Bonchev–Trinajstić information content (AvgIpc) is 2.19. The largest absolute Gasteiger partial charge is 0.508 e. The summed E-state index contributed by atoms with van der Waals surface area (Å²) in [5.41, 5.74) is 2.70. The van der Waals surface area contributed by atoms with Crippen LogP contribution >= 0.6 is 0 Å². The monoisotopic (exact) mass is 208 g/mol. The van der Waals surface area contributed by atoms with E-state index < -0.39 is 0 Å². The van der Waals surface area contributed by atoms with Gasteiger partial charge in [-0.1, -0.05) is 6.92 Å². The quantitative estimate of drug-likeness (QED) is 0.688. The number of aromatic hydroxyl groups is 2. The zero-order chi connectivity index (χ0) is 11.2. The van der Waals surface area contributed by atoms with Gasteiger partial charge in [0.1, 0.15) is 11.5 Å². The number of phenolic OH excluding ortho intramolecular Hbond substituents is 2. The van der Waals surface area contributed by atoms with Gasteiger partial charge in [0, 0.05) is 17.5 Å². The highest BCUT2D eigenvalue weighted by Crippen LogP contribution is 2.41. The summed E-state index contributed by atoms with van der Waals surface area (Å²) in [4.78, 5) is 0. The van der Waals surface area contributed by atoms with Crippen LogP contribution in [0.25, 0.3) is 0 Å². The molecule has 0 amide bonds. The smallest absolute Gasteiger partial charge is 0.125 e. The van der Waals surface area contributed by atoms with E-state index in [1.54, 1.807) is 0 Å². The molecule has 1 aromatic rings. The molecule has 2 N–H and O–H groups in total. The average molecular weight is 208 g/mol. The van der Waals surface area contributed by atoms with Gasteiger partial charge < -0.3 is 14.9 Å². The van der Waals surface area contributed by atoms with Gasteiger partial charge in [0.15, 0.2) is 0 Å². The van der Waals surface area contributed by atoms with Crippen molar-refractivity contribution >= 4 is 0 Å². The lowest BCUT2D eigenvalue weighted by molar-refractivity contribution is 0.0225. The fourth-order valence-corrected chi connectivity index (χ4v) is 2.19. The molecule has 1 aliphatic rings. The molecule has 0 bridgehead atoms. The third kappa shape index (κ3) is 1.47. The zero-order valence-electron chi connectivity index (χ0n) is 9.24. The number of hydrogen-bond acceptors (Lipinski definition) is 3. The lowest BCUT2D eigenvalue weighted by Crippen LogP contribution is -2.24. The number of rotatable bonds is 0. The summed E-state index contributed by atoms with van der Waals surface area (Å²) >= 11 is 0. The van der Waals surface area contributed by atoms with Crippen LogP contribution in [-0.2, 0) is 11.3 Å². The normalized spacial score (nSPS) is 25.0. The third-order valence-electron chi connectivity index (χ3n) is 3.35. The Morgan fingerprint density at radius 1 is 1.27 bits per heavy atom. The van der Waals surface area contributed by atoms with E-state index in [1.807, 2.05) is 13.8 Å². The predicted octanol–water partition coefficient (Wildman–Crippen LogP) is 2.43. The number of hydrogen-bond donors (Lipinski definition) is 2. The first-order valence-electron chi connectivity index (χ1n) is 5.18. The van der Waals surface area contributed by atoms with Crippen molar-refractivity contribution in [3.63, 3.8) is 0 Å². The lowest BCUT2D eigenvalue weighted by Gasteiger charge is -2.31. The number of fused-ring (bicyclic) bond motifs is 1. The highest BCUT2D eigenvalue weighted by molar-refractivity contribution is 5.53. The maximum atomic E-state index is 9.73. The van der Waals surface area contributed by atoms with Crippen molar-refractivity contribution in [3.05, 3.63) is 22.8 Å². The van der Waals surface area contributed by atoms with Crippen molar-refractivity contribution in [3.8, 4) is 11.5 Å². The molecule has 2 atom stereocenters. The van der Waals surface area contributed by atoms with E-state index in [1.165, 1.54) is 6.07 Å². The molecule has 1 aromatic carbocycles. The molecular weight excluding hydrogens is 192 g/mol. The lowest BCUT2D eigenvalue weighted by atomic mass is 9.85. The number of ether oxygens (including phenoxy) is 1. The summed E-state index contributed by atoms with van der Waals surface area (Å²) in [6.45, 7) is 6.36. The van der Waals surface area contributed by atoms with Crippen molar-refractivity contribution in [1.82, 2.24) is 0 Å². The van der Waals surface area contributed by atoms with Crippen LogP contribution < -0.4 is 0 Å². The number of benzene rings is 1. The summed E-state index contributed by atoms with van der Waals surface area (Å²) in [5.74, 6) is 0.491. The standard InChI is InChI=1S/C12H16O3/c1-6-8(3)15-5-9-11(14)4-10(13)7(2)12(6)9/h4,6,8,13-14H,5H2,1-3H3/t6-,8-/m0/s1. The van der Waals surface area contributed by atoms with Crippen molar-refractivity contribution in [2.24, 2.45) is 0 Å². The van der Waals surface area contributed by atoms with Crippen LogP contribution in [0.15, 0.2) is 6.07 Å². The predicted molar refractivity (Wildman–Crippen MR) is 57.2 cm³/mol. The van der Waals surface area contributed by atoms with E-state index >= 15 is 0 Å². The molecule has 0 unspecified atom stereocenters. The fraction of sp³-hybridized carbons (Fsp3) is 0.500. The Morgan fingerprint density at radius 3 is 2.60 bits per heavy atom. The first-order chi connectivity index (χ1) is 7.02. The van der Waals surface area contributed by atoms with Gasteiger partial charge >= 0.3 is 0 Å². The van der Waals surface area contributed by atoms with E-state index in [2.05, 4.69) is 6.92 Å². The molecule has 1 heterocycles. The van der Waals surface area contributed by atoms with Crippen LogP contribution in [0.2, 0.25) is 0 Å². The molecule has 0 saturated carbocycles. The van der Waals surface area contributed by atoms with Crippen LogP contribution in [0, 0.1) is 6.92 Å². The van der Waals surface area contributed by atoms with Crippen molar-refractivity contribution in [1.29, 1.82) is 0 Å². The van der Waals surface area contributed by atoms with Gasteiger partial charge in [-0.3, -0.25) is 0 Å². The summed E-state index contributed by atoms with van der Waals surface area (Å²) in [5, 5.41) is 19.4. The Morgan fingerprint density at radius 2 is 1.93 bits per heavy atom. The Bertz CT molecular complexity index is 398. The molecule has 0 aliphatic carbocycles. The fourth-order valence-electron chi connectivity index (χ4n) is 2.19. The Labute approximate surface area is 89.3 Å². The van der Waals surface area contributed by atoms with Crippen molar-refractivity contribution in [2.45, 2.75) is 39.4 Å². The molecule has 1 aliphatic heterocycles. The van der Waals surface area contributed by atoms with E-state index in [-0.39, 0.29) is 23.5 Å². The van der Waals surface area contributed by atoms with Gasteiger partial charge in [0.2, 0.25) is 0 Å². The third-order valence-corrected chi connectivity index (χ3v) is 3.35. The molecular formula is C12H16O3. The SMILES string of the molecule is Cc1c(O)cc(O)c2c1[C@@H](C)[C@H](C)OC2. The van der Waals surface area contributed by atoms with E-state index in [9.17, 15) is 10.2 Å². The summed E-state index contributed by atoms with van der Waals surface area (Å²) in [7, 11) is 0. The van der Waals surface area contributed by atoms with Gasteiger partial charge in [0.25, 0.3) is 0 Å². The molecule has 0 fully saturated rings. The Kier molecular flexibility index (Phi) is 2.35. The first kappa shape index (κ1) is 10.3. The molecule has 82 valence electrons. The van der Waals surface area contributed by atoms with Crippen molar-refractivity contribution in [2.75, 3.05) is 0 Å². The molecule has 0 aromatic heterocycles. The summed E-state index contributed by atoms with van der Waals surface area (Å²) < 4.78 is 5.55. The van der Waals surface area contributed by atoms with E-state index in [0.717, 1.165) is 16.7 Å². The van der Waals surface area contributed by atoms with Gasteiger partial charge in [-0.15, -0.1) is 0 Å². The topological polar surface area (TPSA) is 49.7 Å². The first-order valence-corrected chi connectivity index (χ1v) is 5.18. The van der Waals surface area contributed by atoms with E-state index in [4.69, 9.17) is 4.74 Å². The molecule has 0 saturated heterocycles. The molecule has 3 nitrogen and oxygen atoms in total. The highest BCUT2D eigenvalue weighted by atomic mass is 16.5. The molecule has 15 heavy (non-hydrogen) atoms. The summed E-state index contributed by atoms with van der Waals surface area (Å²) in [6, 6.07) is 1.39. The molecule has 3 heteroatoms. The maximum absolute atomic E-state index is 9.73. The molecule has 0 spiro atoms. The van der Waals surface area contributed by atoms with Crippen LogP contribution in [0.3, 0.4) is 0 Å². The minimum atomic E-state index is 0.123. The highest BCUT2D eigenvalue weighted by Gasteiger charge is 2.28. The minimum Gasteiger partial charge on any atom is -0.508 e. The van der Waals surface area contributed by atoms with Gasteiger partial charge in [0.05, 0.1) is 12.7 Å². The van der Waals surface area contributed by atoms with Crippen molar-refractivity contribution < 1.29 is 14.9 Å². The molecule has 0 radical (unpaired) electrons. The van der Waals surface area contributed by atoms with Gasteiger partial charge in [-0.2, -0.15) is 0 Å². The maximum Gasteiger partial charge on any atom is 0.125 e. The zero-order valence-corrected chi connectivity index (χ0v) is 9.24. The second-order valence-corrected chi connectivity index (χ2v) is 4.24. The van der Waals surface area contributed by atoms with Gasteiger partial charge in [-0.25, -0.2) is 0 Å². The van der Waals surface area contributed by atoms with E-state index in [0.29, 0.717) is 6.61 Å².